The van der Waals surface area contributed by atoms with Crippen LogP contribution in [0.3, 0.4) is 0 Å². The molecule has 0 aliphatic carbocycles. The number of alkyl halides is 2. The van der Waals surface area contributed by atoms with Gasteiger partial charge in [-0.15, -0.1) is 25.1 Å². The minimum absolute atomic E-state index is 0.0461. The van der Waals surface area contributed by atoms with Gasteiger partial charge < -0.3 is 14.2 Å². The molecular formula is C14H12F2N2O4S. The topological polar surface area (TPSA) is 62.0 Å². The normalized spacial score (nSPS) is 15.7. The van der Waals surface area contributed by atoms with Crippen molar-refractivity contribution < 1.29 is 27.8 Å². The number of halogens is 2. The number of carbonyl (C=O) groups is 1. The largest absolute Gasteiger partial charge is 0.586 e. The van der Waals surface area contributed by atoms with Crippen molar-refractivity contribution in [2.45, 2.75) is 20.1 Å². The Bertz CT molecular complexity index is 828. The molecule has 1 amide bonds. The third kappa shape index (κ3) is 3.19. The van der Waals surface area contributed by atoms with Gasteiger partial charge in [0.1, 0.15) is 0 Å². The van der Waals surface area contributed by atoms with Crippen LogP contribution in [-0.2, 0) is 4.74 Å². The summed E-state index contributed by atoms with van der Waals surface area (Å²) < 4.78 is 41.3. The lowest BCUT2D eigenvalue weighted by molar-refractivity contribution is -0.286. The molecule has 0 unspecified atom stereocenters. The summed E-state index contributed by atoms with van der Waals surface area (Å²) in [6.07, 6.45) is -2.65. The maximum Gasteiger partial charge on any atom is 0.586 e. The number of aryl methyl sites for hydroxylation is 1. The Balaban J connectivity index is 2.03. The van der Waals surface area contributed by atoms with Crippen LogP contribution in [0.1, 0.15) is 11.8 Å². The predicted octanol–water partition coefficient (Wildman–Crippen LogP) is 3.23. The number of ether oxygens (including phenoxy) is 3. The zero-order chi connectivity index (χ0) is 16.6. The van der Waals surface area contributed by atoms with Gasteiger partial charge in [0.25, 0.3) is 0 Å². The minimum Gasteiger partial charge on any atom is -0.448 e. The molecule has 1 aliphatic heterocycles. The molecule has 0 atom stereocenters. The first-order chi connectivity index (χ1) is 10.9. The van der Waals surface area contributed by atoms with Crippen LogP contribution in [0.15, 0.2) is 29.4 Å². The summed E-state index contributed by atoms with van der Waals surface area (Å²) in [7, 11) is 0. The standard InChI is InChI=1S/C14H12F2N2O4S/c1-3-20-13(19)17-12-18(7-8(2)23-12)9-4-5-10-11(6-9)22-14(15,16)21-10/h4-7H,3H2,1-2H3. The highest BCUT2D eigenvalue weighted by Crippen LogP contribution is 2.41. The lowest BCUT2D eigenvalue weighted by Gasteiger charge is -2.04. The number of thiazole rings is 1. The number of benzene rings is 1. The molecule has 9 heteroatoms. The molecule has 1 aromatic heterocycles. The van der Waals surface area contributed by atoms with Crippen LogP contribution in [0.5, 0.6) is 11.5 Å². The second kappa shape index (κ2) is 5.65. The number of hydrogen-bond acceptors (Lipinski definition) is 5. The van der Waals surface area contributed by atoms with Crippen LogP contribution in [0, 0.1) is 6.92 Å². The highest BCUT2D eigenvalue weighted by molar-refractivity contribution is 7.09. The third-order valence-corrected chi connectivity index (χ3v) is 3.78. The Morgan fingerprint density at radius 1 is 1.39 bits per heavy atom. The molecule has 1 aliphatic rings. The van der Waals surface area contributed by atoms with Gasteiger partial charge in [0, 0.05) is 17.1 Å². The molecule has 2 heterocycles. The second-order valence-electron chi connectivity index (χ2n) is 4.60. The zero-order valence-corrected chi connectivity index (χ0v) is 13.0. The first-order valence-electron chi connectivity index (χ1n) is 6.69. The van der Waals surface area contributed by atoms with Crippen molar-refractivity contribution in [2.24, 2.45) is 4.99 Å². The molecule has 0 saturated carbocycles. The van der Waals surface area contributed by atoms with E-state index in [1.54, 1.807) is 23.8 Å². The number of hydrogen-bond donors (Lipinski definition) is 0. The molecule has 0 N–H and O–H groups in total. The van der Waals surface area contributed by atoms with Gasteiger partial charge in [-0.1, -0.05) is 0 Å². The van der Waals surface area contributed by atoms with Crippen molar-refractivity contribution in [1.82, 2.24) is 4.57 Å². The van der Waals surface area contributed by atoms with E-state index >= 15 is 0 Å². The maximum absolute atomic E-state index is 13.1. The van der Waals surface area contributed by atoms with E-state index in [1.165, 1.54) is 23.5 Å². The number of nitrogens with zero attached hydrogens (tertiary/aromatic N) is 2. The minimum atomic E-state index is -3.67. The predicted molar refractivity (Wildman–Crippen MR) is 77.2 cm³/mol. The molecule has 0 saturated heterocycles. The molecule has 122 valence electrons. The quantitative estimate of drug-likeness (QED) is 0.841. The third-order valence-electron chi connectivity index (χ3n) is 2.89. The number of fused-ring (bicyclic) bond motifs is 1. The van der Waals surface area contributed by atoms with E-state index in [2.05, 4.69) is 14.5 Å². The van der Waals surface area contributed by atoms with Gasteiger partial charge in [0.2, 0.25) is 4.80 Å². The van der Waals surface area contributed by atoms with Gasteiger partial charge in [-0.05, 0) is 26.0 Å². The molecular weight excluding hydrogens is 330 g/mol. The number of rotatable bonds is 2. The highest BCUT2D eigenvalue weighted by Gasteiger charge is 2.43. The maximum atomic E-state index is 13.1. The van der Waals surface area contributed by atoms with Gasteiger partial charge in [0.15, 0.2) is 11.5 Å². The SMILES string of the molecule is CCOC(=O)N=c1sc(C)cn1-c1ccc2c(c1)OC(F)(F)O2. The summed E-state index contributed by atoms with van der Waals surface area (Å²) in [6, 6.07) is 4.34. The fraction of sp³-hybridized carbons (Fsp3) is 0.286. The van der Waals surface area contributed by atoms with Crippen LogP contribution in [-0.4, -0.2) is 23.6 Å². The molecule has 23 heavy (non-hydrogen) atoms. The molecule has 1 aromatic carbocycles. The van der Waals surface area contributed by atoms with E-state index in [4.69, 9.17) is 4.74 Å². The molecule has 0 radical (unpaired) electrons. The van der Waals surface area contributed by atoms with Crippen molar-refractivity contribution in [3.8, 4) is 17.2 Å². The Kier molecular flexibility index (Phi) is 3.80. The molecule has 2 aromatic rings. The lowest BCUT2D eigenvalue weighted by Crippen LogP contribution is -2.25. The van der Waals surface area contributed by atoms with E-state index in [0.29, 0.717) is 10.5 Å². The molecule has 0 spiro atoms. The first-order valence-corrected chi connectivity index (χ1v) is 7.50. The van der Waals surface area contributed by atoms with Gasteiger partial charge >= 0.3 is 12.4 Å². The van der Waals surface area contributed by atoms with Gasteiger partial charge in [-0.2, -0.15) is 0 Å². The summed E-state index contributed by atoms with van der Waals surface area (Å²) >= 11 is 1.27. The van der Waals surface area contributed by atoms with Crippen molar-refractivity contribution in [3.63, 3.8) is 0 Å². The summed E-state index contributed by atoms with van der Waals surface area (Å²) in [6.45, 7) is 3.73. The van der Waals surface area contributed by atoms with E-state index < -0.39 is 12.4 Å². The van der Waals surface area contributed by atoms with Crippen LogP contribution >= 0.6 is 11.3 Å². The zero-order valence-electron chi connectivity index (χ0n) is 12.2. The summed E-state index contributed by atoms with van der Waals surface area (Å²) in [5.74, 6) is -0.124. The summed E-state index contributed by atoms with van der Waals surface area (Å²) in [5.41, 5.74) is 0.512. The molecule has 0 bridgehead atoms. The van der Waals surface area contributed by atoms with E-state index in [-0.39, 0.29) is 18.1 Å². The van der Waals surface area contributed by atoms with E-state index in [9.17, 15) is 13.6 Å². The van der Waals surface area contributed by atoms with Crippen molar-refractivity contribution in [1.29, 1.82) is 0 Å². The fourth-order valence-electron chi connectivity index (χ4n) is 2.04. The number of aromatic nitrogens is 1. The average molecular weight is 342 g/mol. The second-order valence-corrected chi connectivity index (χ2v) is 5.82. The van der Waals surface area contributed by atoms with Crippen LogP contribution < -0.4 is 14.3 Å². The Labute approximate surface area is 133 Å². The smallest absolute Gasteiger partial charge is 0.448 e. The fourth-order valence-corrected chi connectivity index (χ4v) is 2.86. The summed E-state index contributed by atoms with van der Waals surface area (Å²) in [5, 5.41) is 0. The van der Waals surface area contributed by atoms with Gasteiger partial charge in [0.05, 0.1) is 12.3 Å². The Hall–Kier alpha value is -2.42. The average Bonchev–Trinajstić information content (AvgIpc) is 2.96. The van der Waals surface area contributed by atoms with E-state index in [1.807, 2.05) is 6.92 Å². The molecule has 0 fully saturated rings. The number of carbonyl (C=O) groups excluding carboxylic acids is 1. The molecule has 6 nitrogen and oxygen atoms in total. The number of amides is 1. The summed E-state index contributed by atoms with van der Waals surface area (Å²) in [4.78, 5) is 16.7. The Morgan fingerprint density at radius 2 is 2.13 bits per heavy atom. The van der Waals surface area contributed by atoms with Crippen LogP contribution in [0.25, 0.3) is 5.69 Å². The Morgan fingerprint density at radius 3 is 2.87 bits per heavy atom. The van der Waals surface area contributed by atoms with Crippen LogP contribution in [0.4, 0.5) is 13.6 Å². The van der Waals surface area contributed by atoms with Gasteiger partial charge in [-0.25, -0.2) is 4.79 Å². The lowest BCUT2D eigenvalue weighted by atomic mass is 10.3. The van der Waals surface area contributed by atoms with Crippen molar-refractivity contribution in [2.75, 3.05) is 6.61 Å². The molecule has 3 rings (SSSR count). The monoisotopic (exact) mass is 342 g/mol. The van der Waals surface area contributed by atoms with Crippen molar-refractivity contribution in [3.05, 3.63) is 34.1 Å². The first kappa shape index (κ1) is 15.5. The highest BCUT2D eigenvalue weighted by atomic mass is 32.1. The van der Waals surface area contributed by atoms with Gasteiger partial charge in [-0.3, -0.25) is 4.57 Å². The van der Waals surface area contributed by atoms with E-state index in [0.717, 1.165) is 4.88 Å². The van der Waals surface area contributed by atoms with Crippen molar-refractivity contribution >= 4 is 17.4 Å². The van der Waals surface area contributed by atoms with Crippen LogP contribution in [0.2, 0.25) is 0 Å².